The van der Waals surface area contributed by atoms with Crippen molar-refractivity contribution in [3.05, 3.63) is 83.1 Å². The molecule has 40 heavy (non-hydrogen) atoms. The van der Waals surface area contributed by atoms with Crippen molar-refractivity contribution in [1.29, 1.82) is 0 Å². The van der Waals surface area contributed by atoms with Crippen molar-refractivity contribution in [2.75, 3.05) is 25.5 Å². The van der Waals surface area contributed by atoms with Gasteiger partial charge in [0.15, 0.2) is 11.5 Å². The Morgan fingerprint density at radius 1 is 1.12 bits per heavy atom. The van der Waals surface area contributed by atoms with E-state index in [1.807, 2.05) is 18.2 Å². The highest BCUT2D eigenvalue weighted by molar-refractivity contribution is 5.85. The van der Waals surface area contributed by atoms with Crippen LogP contribution in [-0.4, -0.2) is 59.0 Å². The second-order valence-corrected chi connectivity index (χ2v) is 10.8. The fourth-order valence-electron chi connectivity index (χ4n) is 6.11. The number of anilines is 2. The van der Waals surface area contributed by atoms with Crippen LogP contribution in [0.4, 0.5) is 11.6 Å². The molecular formula is C30H32N8O2. The highest BCUT2D eigenvalue weighted by Crippen LogP contribution is 2.31. The van der Waals surface area contributed by atoms with E-state index in [2.05, 4.69) is 57.8 Å². The van der Waals surface area contributed by atoms with Crippen LogP contribution in [0.25, 0.3) is 27.8 Å². The van der Waals surface area contributed by atoms with Gasteiger partial charge in [-0.2, -0.15) is 4.98 Å². The Kier molecular flexibility index (Phi) is 6.01. The number of benzene rings is 1. The fraction of sp³-hybridized carbons (Fsp3) is 0.333. The van der Waals surface area contributed by atoms with Gasteiger partial charge < -0.3 is 19.9 Å². The lowest BCUT2D eigenvalue weighted by atomic mass is 10.1. The van der Waals surface area contributed by atoms with E-state index < -0.39 is 6.10 Å². The molecule has 2 aliphatic rings. The van der Waals surface area contributed by atoms with Gasteiger partial charge in [0.2, 0.25) is 5.95 Å². The Morgan fingerprint density at radius 2 is 1.98 bits per heavy atom. The van der Waals surface area contributed by atoms with Gasteiger partial charge in [-0.05, 0) is 81.7 Å². The number of nitrogens with zero attached hydrogens (tertiary/aromatic N) is 7. The summed E-state index contributed by atoms with van der Waals surface area (Å²) >= 11 is 0. The van der Waals surface area contributed by atoms with Gasteiger partial charge in [0, 0.05) is 35.0 Å². The fourth-order valence-corrected chi connectivity index (χ4v) is 6.11. The molecule has 1 aliphatic heterocycles. The molecule has 0 amide bonds. The van der Waals surface area contributed by atoms with E-state index >= 15 is 0 Å². The lowest BCUT2D eigenvalue weighted by Crippen LogP contribution is -2.31. The molecule has 2 N–H and O–H groups in total. The number of pyridine rings is 1. The highest BCUT2D eigenvalue weighted by Gasteiger charge is 2.25. The standard InChI is InChI=1S/C30H32N8O2/c1-3-13-37-29(40)23-18-31-30(34-28(23)38(37)26-9-5-19-4-8-25(39)27(19)33-26)32-21-6-7-24-20(17-21)10-16-36(24)22-11-14-35(2)15-12-22/h3,5-7,9-10,16-18,22,25,39H,1,4,8,11-15H2,2H3,(H,31,32,34)/t25-/m0/s1. The number of allylic oxidation sites excluding steroid dienone is 1. The van der Waals surface area contributed by atoms with E-state index in [0.717, 1.165) is 49.0 Å². The average molecular weight is 537 g/mol. The van der Waals surface area contributed by atoms with Crippen LogP contribution in [0, 0.1) is 0 Å². The molecule has 0 unspecified atom stereocenters. The third-order valence-corrected chi connectivity index (χ3v) is 8.25. The molecule has 5 aromatic rings. The van der Waals surface area contributed by atoms with Crippen LogP contribution in [0.2, 0.25) is 0 Å². The van der Waals surface area contributed by atoms with Gasteiger partial charge in [0.1, 0.15) is 5.39 Å². The third-order valence-electron chi connectivity index (χ3n) is 8.25. The summed E-state index contributed by atoms with van der Waals surface area (Å²) in [6, 6.07) is 12.8. The second kappa shape index (κ2) is 9.72. The lowest BCUT2D eigenvalue weighted by Gasteiger charge is -2.30. The maximum Gasteiger partial charge on any atom is 0.278 e. The molecule has 0 radical (unpaired) electrons. The van der Waals surface area contributed by atoms with E-state index in [4.69, 9.17) is 9.97 Å². The highest BCUT2D eigenvalue weighted by atomic mass is 16.3. The Bertz CT molecular complexity index is 1810. The van der Waals surface area contributed by atoms with E-state index in [9.17, 15) is 9.90 Å². The normalized spacial score (nSPS) is 18.0. The first-order valence-electron chi connectivity index (χ1n) is 13.8. The molecule has 10 heteroatoms. The predicted molar refractivity (Wildman–Crippen MR) is 155 cm³/mol. The van der Waals surface area contributed by atoms with Crippen molar-refractivity contribution in [2.24, 2.45) is 0 Å². The largest absolute Gasteiger partial charge is 0.387 e. The van der Waals surface area contributed by atoms with Crippen LogP contribution < -0.4 is 10.9 Å². The van der Waals surface area contributed by atoms with Crippen molar-refractivity contribution < 1.29 is 5.11 Å². The molecule has 0 spiro atoms. The first-order chi connectivity index (χ1) is 19.5. The maximum absolute atomic E-state index is 13.3. The number of nitrogens with one attached hydrogen (secondary N) is 1. The van der Waals surface area contributed by atoms with Gasteiger partial charge in [-0.15, -0.1) is 6.58 Å². The predicted octanol–water partition coefficient (Wildman–Crippen LogP) is 4.11. The summed E-state index contributed by atoms with van der Waals surface area (Å²) in [5.41, 5.74) is 4.00. The number of piperidine rings is 1. The third kappa shape index (κ3) is 4.11. The number of aryl methyl sites for hydroxylation is 1. The van der Waals surface area contributed by atoms with Gasteiger partial charge >= 0.3 is 0 Å². The number of aliphatic hydroxyl groups is 1. The molecule has 7 rings (SSSR count). The van der Waals surface area contributed by atoms with Crippen molar-refractivity contribution in [3.63, 3.8) is 0 Å². The average Bonchev–Trinajstić information content (AvgIpc) is 3.63. The van der Waals surface area contributed by atoms with Crippen LogP contribution in [-0.2, 0) is 13.0 Å². The Hall–Kier alpha value is -4.28. The molecule has 1 aliphatic carbocycles. The quantitative estimate of drug-likeness (QED) is 0.315. The van der Waals surface area contributed by atoms with Crippen LogP contribution in [0.15, 0.2) is 66.2 Å². The number of aliphatic hydroxyl groups excluding tert-OH is 1. The van der Waals surface area contributed by atoms with Crippen LogP contribution in [0.5, 0.6) is 0 Å². The Balaban J connectivity index is 1.25. The summed E-state index contributed by atoms with van der Waals surface area (Å²) in [5, 5.41) is 15.3. The molecule has 0 saturated carbocycles. The molecular weight excluding hydrogens is 504 g/mol. The second-order valence-electron chi connectivity index (χ2n) is 10.8. The zero-order valence-corrected chi connectivity index (χ0v) is 22.5. The summed E-state index contributed by atoms with van der Waals surface area (Å²) in [5.74, 6) is 0.905. The van der Waals surface area contributed by atoms with Gasteiger partial charge in [0.25, 0.3) is 5.56 Å². The van der Waals surface area contributed by atoms with Crippen molar-refractivity contribution in [2.45, 2.75) is 44.4 Å². The number of likely N-dealkylation sites (tertiary alicyclic amines) is 1. The topological polar surface area (TPSA) is 106 Å². The zero-order valence-electron chi connectivity index (χ0n) is 22.5. The molecule has 5 heterocycles. The molecule has 204 valence electrons. The summed E-state index contributed by atoms with van der Waals surface area (Å²) in [6.07, 6.45) is 8.55. The summed E-state index contributed by atoms with van der Waals surface area (Å²) in [7, 11) is 2.18. The smallest absolute Gasteiger partial charge is 0.278 e. The van der Waals surface area contributed by atoms with E-state index in [1.165, 1.54) is 5.52 Å². The lowest BCUT2D eigenvalue weighted by molar-refractivity contribution is 0.175. The van der Waals surface area contributed by atoms with E-state index in [0.29, 0.717) is 41.0 Å². The van der Waals surface area contributed by atoms with Crippen molar-refractivity contribution in [1.82, 2.24) is 33.8 Å². The number of rotatable bonds is 6. The SMILES string of the molecule is C=CCn1c(=O)c2cnc(Nc3ccc4c(ccn4C4CCN(C)CC4)c3)nc2n1-c1ccc2c(n1)[C@@H](O)CC2. The van der Waals surface area contributed by atoms with Crippen LogP contribution in [0.1, 0.15) is 42.7 Å². The van der Waals surface area contributed by atoms with E-state index in [-0.39, 0.29) is 12.1 Å². The number of aromatic nitrogens is 6. The molecule has 1 saturated heterocycles. The number of hydrogen-bond acceptors (Lipinski definition) is 7. The minimum atomic E-state index is -0.604. The van der Waals surface area contributed by atoms with Gasteiger partial charge in [-0.25, -0.2) is 19.3 Å². The molecule has 1 aromatic carbocycles. The van der Waals surface area contributed by atoms with E-state index in [1.54, 1.807) is 21.6 Å². The molecule has 10 nitrogen and oxygen atoms in total. The van der Waals surface area contributed by atoms with Gasteiger partial charge in [-0.3, -0.25) is 4.79 Å². The maximum atomic E-state index is 13.3. The van der Waals surface area contributed by atoms with Crippen LogP contribution in [0.3, 0.4) is 0 Å². The van der Waals surface area contributed by atoms with Gasteiger partial charge in [0.05, 0.1) is 18.3 Å². The van der Waals surface area contributed by atoms with Gasteiger partial charge in [-0.1, -0.05) is 12.1 Å². The first kappa shape index (κ1) is 24.7. The summed E-state index contributed by atoms with van der Waals surface area (Å²) < 4.78 is 5.64. The monoisotopic (exact) mass is 536 g/mol. The number of hydrogen-bond donors (Lipinski definition) is 2. The van der Waals surface area contributed by atoms with Crippen molar-refractivity contribution in [3.8, 4) is 5.82 Å². The minimum absolute atomic E-state index is 0.221. The molecule has 0 bridgehead atoms. The zero-order chi connectivity index (χ0) is 27.4. The molecule has 1 atom stereocenters. The molecule has 1 fully saturated rings. The minimum Gasteiger partial charge on any atom is -0.387 e. The van der Waals surface area contributed by atoms with Crippen molar-refractivity contribution >= 4 is 33.6 Å². The Labute approximate surface area is 231 Å². The first-order valence-corrected chi connectivity index (χ1v) is 13.8. The summed E-state index contributed by atoms with van der Waals surface area (Å²) in [6.45, 7) is 6.33. The number of fused-ring (bicyclic) bond motifs is 3. The molecule has 4 aromatic heterocycles. The van der Waals surface area contributed by atoms with Crippen LogP contribution >= 0.6 is 0 Å². The summed E-state index contributed by atoms with van der Waals surface area (Å²) in [4.78, 5) is 29.6. The Morgan fingerprint density at radius 3 is 2.80 bits per heavy atom.